The van der Waals surface area contributed by atoms with Crippen LogP contribution in [-0.2, 0) is 0 Å². The molecule has 0 spiro atoms. The van der Waals surface area contributed by atoms with Crippen LogP contribution in [0.2, 0.25) is 0 Å². The summed E-state index contributed by atoms with van der Waals surface area (Å²) < 4.78 is 2.21. The number of aromatic nitrogens is 4. The van der Waals surface area contributed by atoms with Crippen molar-refractivity contribution in [1.82, 2.24) is 19.5 Å². The topological polar surface area (TPSA) is 46.8 Å². The highest BCUT2D eigenvalue weighted by atomic mass is 15.2. The number of fused-ring (bicyclic) bond motifs is 6. The van der Waals surface area contributed by atoms with Crippen molar-refractivity contribution in [3.8, 4) is 28.7 Å². The van der Waals surface area contributed by atoms with Gasteiger partial charge in [0.25, 0.3) is 0 Å². The molecule has 0 amide bonds. The fourth-order valence-electron chi connectivity index (χ4n) is 7.89. The van der Waals surface area contributed by atoms with Crippen LogP contribution in [0.1, 0.15) is 42.5 Å². The largest absolute Gasteiger partial charge is 0.333 e. The van der Waals surface area contributed by atoms with Crippen LogP contribution < -0.4 is 4.90 Å². The summed E-state index contributed by atoms with van der Waals surface area (Å²) >= 11 is 0. The lowest BCUT2D eigenvalue weighted by molar-refractivity contribution is 0.831. The Labute approximate surface area is 316 Å². The molecule has 10 rings (SSSR count). The fourth-order valence-corrected chi connectivity index (χ4v) is 7.89. The van der Waals surface area contributed by atoms with Gasteiger partial charge in [0.05, 0.1) is 17.1 Å². The maximum atomic E-state index is 5.18. The van der Waals surface area contributed by atoms with Gasteiger partial charge in [-0.25, -0.2) is 4.98 Å². The van der Waals surface area contributed by atoms with E-state index in [4.69, 9.17) is 15.0 Å². The van der Waals surface area contributed by atoms with Crippen molar-refractivity contribution in [2.45, 2.75) is 40.2 Å². The molecule has 0 bridgehead atoms. The number of rotatable bonds is 5. The molecule has 1 aliphatic carbocycles. The van der Waals surface area contributed by atoms with Gasteiger partial charge in [0.15, 0.2) is 11.6 Å². The lowest BCUT2D eigenvalue weighted by Gasteiger charge is -2.29. The van der Waals surface area contributed by atoms with Crippen molar-refractivity contribution in [3.63, 3.8) is 0 Å². The highest BCUT2D eigenvalue weighted by Crippen LogP contribution is 2.49. The molecule has 0 radical (unpaired) electrons. The summed E-state index contributed by atoms with van der Waals surface area (Å²) in [5, 5.41) is 2.33. The minimum Gasteiger partial charge on any atom is -0.333 e. The summed E-state index contributed by atoms with van der Waals surface area (Å²) in [5.41, 5.74) is 14.0. The number of nitrogens with zero attached hydrogens (tertiary/aromatic N) is 5. The molecular weight excluding hydrogens is 659 g/mol. The van der Waals surface area contributed by atoms with Crippen LogP contribution in [0, 0.1) is 13.8 Å². The molecule has 0 N–H and O–H groups in total. The first kappa shape index (κ1) is 33.3. The third kappa shape index (κ3) is 5.69. The van der Waals surface area contributed by atoms with Crippen LogP contribution in [0.4, 0.5) is 11.4 Å². The van der Waals surface area contributed by atoms with E-state index in [1.165, 1.54) is 44.8 Å². The van der Waals surface area contributed by atoms with Crippen molar-refractivity contribution >= 4 is 44.3 Å². The minimum atomic E-state index is 0.254. The van der Waals surface area contributed by atoms with Gasteiger partial charge >= 0.3 is 0 Å². The first-order chi connectivity index (χ1) is 26.6. The van der Waals surface area contributed by atoms with Crippen LogP contribution in [0.15, 0.2) is 158 Å². The van der Waals surface area contributed by atoms with Gasteiger partial charge in [0.2, 0.25) is 5.95 Å². The standard InChI is InChI=1S/C47H35N5.C2H6/c1-30-16-20-32(21-17-30)45-48-46(33-22-18-31(2)19-23-33)50-47(49-45)52-42-15-9-6-12-37(42)39-26-24-35(29-44(39)52)34-25-27-43-40(28-34)38-13-7-8-14-41(38)51(43)36-10-4-3-5-11-36;1-2/h3-26,28-29,43H,27H2,1-2H3;1-2H3. The Morgan fingerprint density at radius 3 is 1.85 bits per heavy atom. The molecule has 54 heavy (non-hydrogen) atoms. The van der Waals surface area contributed by atoms with Gasteiger partial charge < -0.3 is 4.90 Å². The van der Waals surface area contributed by atoms with E-state index in [0.717, 1.165) is 39.4 Å². The zero-order valence-electron chi connectivity index (χ0n) is 31.0. The van der Waals surface area contributed by atoms with Crippen LogP contribution in [0.25, 0.3) is 61.7 Å². The summed E-state index contributed by atoms with van der Waals surface area (Å²) in [4.78, 5) is 17.9. The molecule has 2 aromatic heterocycles. The average Bonchev–Trinajstić information content (AvgIpc) is 3.74. The van der Waals surface area contributed by atoms with Crippen LogP contribution in [-0.4, -0.2) is 25.6 Å². The molecule has 6 aromatic carbocycles. The van der Waals surface area contributed by atoms with E-state index in [1.54, 1.807) is 0 Å². The van der Waals surface area contributed by atoms with Gasteiger partial charge in [-0.2, -0.15) is 9.97 Å². The van der Waals surface area contributed by atoms with Crippen LogP contribution in [0.3, 0.4) is 0 Å². The number of anilines is 2. The predicted octanol–water partition coefficient (Wildman–Crippen LogP) is 12.3. The van der Waals surface area contributed by atoms with E-state index in [0.29, 0.717) is 17.6 Å². The quantitative estimate of drug-likeness (QED) is 0.179. The molecule has 5 heteroatoms. The van der Waals surface area contributed by atoms with Crippen molar-refractivity contribution in [3.05, 3.63) is 180 Å². The summed E-state index contributed by atoms with van der Waals surface area (Å²) in [5.74, 6) is 1.90. The Morgan fingerprint density at radius 2 is 1.15 bits per heavy atom. The zero-order valence-corrected chi connectivity index (χ0v) is 31.0. The number of hydrogen-bond donors (Lipinski definition) is 0. The van der Waals surface area contributed by atoms with E-state index in [2.05, 4.69) is 181 Å². The molecule has 262 valence electrons. The predicted molar refractivity (Wildman–Crippen MR) is 225 cm³/mol. The first-order valence-corrected chi connectivity index (χ1v) is 18.9. The zero-order chi connectivity index (χ0) is 36.8. The Kier molecular flexibility index (Phi) is 8.47. The molecular formula is C49H41N5. The Balaban J connectivity index is 0.00000189. The molecule has 0 fully saturated rings. The summed E-state index contributed by atoms with van der Waals surface area (Å²) in [6.07, 6.45) is 5.72. The maximum Gasteiger partial charge on any atom is 0.238 e. The van der Waals surface area contributed by atoms with Crippen LogP contribution >= 0.6 is 0 Å². The van der Waals surface area contributed by atoms with Gasteiger partial charge in [-0.3, -0.25) is 4.57 Å². The molecule has 0 saturated heterocycles. The lowest BCUT2D eigenvalue weighted by Crippen LogP contribution is -2.27. The molecule has 8 aromatic rings. The SMILES string of the molecule is CC.Cc1ccc(-c2nc(-c3ccc(C)cc3)nc(-n3c4ccccc4c4ccc(C5=CCC6C(=C5)c5ccccc5N6c5ccccc5)cc43)n2)cc1. The summed E-state index contributed by atoms with van der Waals surface area (Å²) in [7, 11) is 0. The van der Waals surface area contributed by atoms with Crippen LogP contribution in [0.5, 0.6) is 0 Å². The minimum absolute atomic E-state index is 0.254. The van der Waals surface area contributed by atoms with Crippen molar-refractivity contribution < 1.29 is 0 Å². The second kappa shape index (κ2) is 13.8. The summed E-state index contributed by atoms with van der Waals surface area (Å²) in [6, 6.07) is 52.0. The molecule has 2 aliphatic rings. The Bertz CT molecular complexity index is 2660. The molecule has 3 heterocycles. The number of aryl methyl sites for hydroxylation is 2. The second-order valence-corrected chi connectivity index (χ2v) is 13.8. The lowest BCUT2D eigenvalue weighted by atomic mass is 9.89. The Morgan fingerprint density at radius 1 is 0.556 bits per heavy atom. The molecule has 1 unspecified atom stereocenters. The molecule has 1 aliphatic heterocycles. The first-order valence-electron chi connectivity index (χ1n) is 18.9. The molecule has 1 atom stereocenters. The van der Waals surface area contributed by atoms with Gasteiger partial charge in [0, 0.05) is 38.8 Å². The van der Waals surface area contributed by atoms with Crippen molar-refractivity contribution in [2.24, 2.45) is 0 Å². The Hall–Kier alpha value is -6.59. The average molecular weight is 700 g/mol. The van der Waals surface area contributed by atoms with E-state index < -0.39 is 0 Å². The molecule has 5 nitrogen and oxygen atoms in total. The number of benzene rings is 6. The number of para-hydroxylation sites is 3. The third-order valence-corrected chi connectivity index (χ3v) is 10.5. The van der Waals surface area contributed by atoms with E-state index in [9.17, 15) is 0 Å². The fraction of sp³-hybridized carbons (Fsp3) is 0.122. The molecule has 0 saturated carbocycles. The third-order valence-electron chi connectivity index (χ3n) is 10.5. The van der Waals surface area contributed by atoms with Gasteiger partial charge in [-0.15, -0.1) is 0 Å². The van der Waals surface area contributed by atoms with E-state index >= 15 is 0 Å². The van der Waals surface area contributed by atoms with Crippen molar-refractivity contribution in [1.29, 1.82) is 0 Å². The smallest absolute Gasteiger partial charge is 0.238 e. The van der Waals surface area contributed by atoms with Gasteiger partial charge in [0.1, 0.15) is 0 Å². The normalized spacial score (nSPS) is 14.6. The highest BCUT2D eigenvalue weighted by Gasteiger charge is 2.35. The summed E-state index contributed by atoms with van der Waals surface area (Å²) in [6.45, 7) is 8.19. The monoisotopic (exact) mass is 699 g/mol. The van der Waals surface area contributed by atoms with Gasteiger partial charge in [-0.05, 0) is 73.4 Å². The van der Waals surface area contributed by atoms with E-state index in [-0.39, 0.29) is 6.04 Å². The maximum absolute atomic E-state index is 5.18. The second-order valence-electron chi connectivity index (χ2n) is 13.8. The number of allylic oxidation sites excluding steroid dienone is 2. The van der Waals surface area contributed by atoms with E-state index in [1.807, 2.05) is 13.8 Å². The number of hydrogen-bond acceptors (Lipinski definition) is 4. The highest BCUT2D eigenvalue weighted by molar-refractivity contribution is 6.10. The van der Waals surface area contributed by atoms with Gasteiger partial charge in [-0.1, -0.05) is 146 Å². The van der Waals surface area contributed by atoms with Crippen molar-refractivity contribution in [2.75, 3.05) is 4.90 Å².